The summed E-state index contributed by atoms with van der Waals surface area (Å²) in [7, 11) is 3.37. The van der Waals surface area contributed by atoms with Crippen LogP contribution in [0.1, 0.15) is 0 Å². The quantitative estimate of drug-likeness (QED) is 0.621. The minimum Gasteiger partial charge on any atom is -0.494 e. The molecule has 0 bridgehead atoms. The van der Waals surface area contributed by atoms with Crippen molar-refractivity contribution in [1.82, 2.24) is 4.90 Å². The van der Waals surface area contributed by atoms with Gasteiger partial charge in [-0.1, -0.05) is 0 Å². The van der Waals surface area contributed by atoms with Gasteiger partial charge in [0.25, 0.3) is 5.69 Å². The Morgan fingerprint density at radius 2 is 2.25 bits per heavy atom. The van der Waals surface area contributed by atoms with Crippen LogP contribution in [0.25, 0.3) is 0 Å². The molecular weight excluding hydrogens is 265 g/mol. The molecule has 1 atom stereocenters. The van der Waals surface area contributed by atoms with Crippen molar-refractivity contribution >= 4 is 11.4 Å². The molecule has 6 nitrogen and oxygen atoms in total. The molecule has 0 spiro atoms. The lowest BCUT2D eigenvalue weighted by atomic mass is 10.1. The van der Waals surface area contributed by atoms with Crippen molar-refractivity contribution in [1.29, 1.82) is 0 Å². The average Bonchev–Trinajstić information content (AvgIpc) is 2.47. The molecule has 0 N–H and O–H groups in total. The molecule has 0 radical (unpaired) electrons. The summed E-state index contributed by atoms with van der Waals surface area (Å²) in [5.41, 5.74) is 0.756. The molecule has 1 aromatic carbocycles. The molecule has 0 aliphatic carbocycles. The summed E-state index contributed by atoms with van der Waals surface area (Å²) in [4.78, 5) is 14.3. The number of anilines is 1. The number of methoxy groups -OCH3 is 1. The molecular formula is C13H18FN3O3. The maximum absolute atomic E-state index is 13.0. The van der Waals surface area contributed by atoms with Crippen molar-refractivity contribution in [2.24, 2.45) is 0 Å². The second-order valence-corrected chi connectivity index (χ2v) is 4.85. The minimum absolute atomic E-state index is 0.0123. The van der Waals surface area contributed by atoms with E-state index in [2.05, 4.69) is 0 Å². The summed E-state index contributed by atoms with van der Waals surface area (Å²) in [5, 5.41) is 10.8. The topological polar surface area (TPSA) is 58.9 Å². The number of likely N-dealkylation sites (N-methyl/N-ethyl adjacent to an activating group) is 1. The van der Waals surface area contributed by atoms with Crippen LogP contribution in [-0.4, -0.2) is 56.3 Å². The molecule has 7 heteroatoms. The molecule has 1 heterocycles. The van der Waals surface area contributed by atoms with Crippen LogP contribution in [0.4, 0.5) is 15.8 Å². The predicted molar refractivity (Wildman–Crippen MR) is 74.3 cm³/mol. The summed E-state index contributed by atoms with van der Waals surface area (Å²) in [6.07, 6.45) is 0. The molecule has 20 heavy (non-hydrogen) atoms. The zero-order valence-corrected chi connectivity index (χ0v) is 11.6. The molecule has 1 fully saturated rings. The van der Waals surface area contributed by atoms with Crippen LogP contribution in [0.15, 0.2) is 18.2 Å². The number of nitro benzene ring substituents is 1. The summed E-state index contributed by atoms with van der Waals surface area (Å²) in [6, 6.07) is 4.35. The number of nitro groups is 1. The van der Waals surface area contributed by atoms with Gasteiger partial charge in [0, 0.05) is 25.7 Å². The third-order valence-electron chi connectivity index (χ3n) is 3.67. The van der Waals surface area contributed by atoms with E-state index in [1.165, 1.54) is 19.2 Å². The molecule has 0 unspecified atom stereocenters. The van der Waals surface area contributed by atoms with E-state index >= 15 is 0 Å². The fraction of sp³-hybridized carbons (Fsp3) is 0.538. The van der Waals surface area contributed by atoms with Crippen LogP contribution < -0.4 is 9.64 Å². The summed E-state index contributed by atoms with van der Waals surface area (Å²) >= 11 is 0. The fourth-order valence-corrected chi connectivity index (χ4v) is 2.37. The van der Waals surface area contributed by atoms with Crippen molar-refractivity contribution in [3.63, 3.8) is 0 Å². The van der Waals surface area contributed by atoms with E-state index in [1.54, 1.807) is 6.07 Å². The van der Waals surface area contributed by atoms with Crippen LogP contribution in [0, 0.1) is 10.1 Å². The first-order chi connectivity index (χ1) is 9.56. The minimum atomic E-state index is -0.458. The van der Waals surface area contributed by atoms with Crippen LogP contribution in [0.5, 0.6) is 5.75 Å². The van der Waals surface area contributed by atoms with E-state index in [9.17, 15) is 14.5 Å². The number of rotatable bonds is 4. The predicted octanol–water partition coefficient (Wildman–Crippen LogP) is 1.69. The highest BCUT2D eigenvalue weighted by molar-refractivity contribution is 5.62. The molecule has 1 saturated heterocycles. The molecule has 0 aromatic heterocycles. The second kappa shape index (κ2) is 6.04. The Morgan fingerprint density at radius 1 is 1.50 bits per heavy atom. The number of benzene rings is 1. The van der Waals surface area contributed by atoms with Crippen LogP contribution in [0.3, 0.4) is 0 Å². The lowest BCUT2D eigenvalue weighted by Crippen LogP contribution is -2.52. The number of hydrogen-bond acceptors (Lipinski definition) is 5. The first-order valence-electron chi connectivity index (χ1n) is 6.40. The number of nitrogens with zero attached hydrogens (tertiary/aromatic N) is 3. The number of ether oxygens (including phenoxy) is 1. The van der Waals surface area contributed by atoms with Crippen molar-refractivity contribution in [2.45, 2.75) is 6.04 Å². The lowest BCUT2D eigenvalue weighted by molar-refractivity contribution is -0.384. The van der Waals surface area contributed by atoms with E-state index in [0.717, 1.165) is 18.8 Å². The van der Waals surface area contributed by atoms with Crippen LogP contribution in [0.2, 0.25) is 0 Å². The first-order valence-corrected chi connectivity index (χ1v) is 6.40. The number of piperazine rings is 1. The van der Waals surface area contributed by atoms with Crippen molar-refractivity contribution in [3.05, 3.63) is 28.3 Å². The van der Waals surface area contributed by atoms with Gasteiger partial charge in [-0.15, -0.1) is 0 Å². The van der Waals surface area contributed by atoms with E-state index in [4.69, 9.17) is 4.74 Å². The number of non-ortho nitro benzene ring substituents is 1. The third kappa shape index (κ3) is 2.82. The van der Waals surface area contributed by atoms with Gasteiger partial charge in [-0.2, -0.15) is 0 Å². The number of alkyl halides is 1. The van der Waals surface area contributed by atoms with Gasteiger partial charge in [-0.3, -0.25) is 15.0 Å². The lowest BCUT2D eigenvalue weighted by Gasteiger charge is -2.39. The monoisotopic (exact) mass is 283 g/mol. The van der Waals surface area contributed by atoms with E-state index < -0.39 is 11.6 Å². The summed E-state index contributed by atoms with van der Waals surface area (Å²) in [5.74, 6) is 0.446. The molecule has 1 aliphatic rings. The van der Waals surface area contributed by atoms with Gasteiger partial charge in [0.05, 0.1) is 29.8 Å². The SMILES string of the molecule is COc1cc([N+](=O)[O-])ccc1N1CCN(C)[C@@H](CF)C1. The van der Waals surface area contributed by atoms with Gasteiger partial charge in [0.2, 0.25) is 0 Å². The largest absolute Gasteiger partial charge is 0.494 e. The van der Waals surface area contributed by atoms with E-state index in [0.29, 0.717) is 12.3 Å². The molecule has 0 saturated carbocycles. The normalized spacial score (nSPS) is 19.9. The second-order valence-electron chi connectivity index (χ2n) is 4.85. The number of halogens is 1. The molecule has 1 aromatic rings. The Bertz CT molecular complexity index is 498. The van der Waals surface area contributed by atoms with Gasteiger partial charge >= 0.3 is 0 Å². The zero-order chi connectivity index (χ0) is 14.7. The Balaban J connectivity index is 2.26. The van der Waals surface area contributed by atoms with E-state index in [1.807, 2.05) is 16.8 Å². The highest BCUT2D eigenvalue weighted by atomic mass is 19.1. The van der Waals surface area contributed by atoms with Crippen molar-refractivity contribution < 1.29 is 14.1 Å². The summed E-state index contributed by atoms with van der Waals surface area (Å²) in [6.45, 7) is 1.61. The Kier molecular flexibility index (Phi) is 4.39. The first kappa shape index (κ1) is 14.5. The third-order valence-corrected chi connectivity index (χ3v) is 3.67. The van der Waals surface area contributed by atoms with Gasteiger partial charge in [-0.05, 0) is 13.1 Å². The maximum atomic E-state index is 13.0. The standard InChI is InChI=1S/C13H18FN3O3/c1-15-5-6-16(9-11(15)8-14)12-4-3-10(17(18)19)7-13(12)20-2/h3-4,7,11H,5-6,8-9H2,1-2H3/t11-/m0/s1. The van der Waals surface area contributed by atoms with Crippen LogP contribution in [-0.2, 0) is 0 Å². The van der Waals surface area contributed by atoms with Crippen LogP contribution >= 0.6 is 0 Å². The highest BCUT2D eigenvalue weighted by Gasteiger charge is 2.26. The highest BCUT2D eigenvalue weighted by Crippen LogP contribution is 2.33. The van der Waals surface area contributed by atoms with Crippen molar-refractivity contribution in [2.75, 3.05) is 45.4 Å². The van der Waals surface area contributed by atoms with Gasteiger partial charge in [-0.25, -0.2) is 4.39 Å². The molecule has 1 aliphatic heterocycles. The Hall–Kier alpha value is -1.89. The van der Waals surface area contributed by atoms with Gasteiger partial charge in [0.15, 0.2) is 0 Å². The molecule has 2 rings (SSSR count). The Morgan fingerprint density at radius 3 is 2.85 bits per heavy atom. The van der Waals surface area contributed by atoms with E-state index in [-0.39, 0.29) is 11.7 Å². The smallest absolute Gasteiger partial charge is 0.273 e. The van der Waals surface area contributed by atoms with Gasteiger partial charge < -0.3 is 9.64 Å². The number of hydrogen-bond donors (Lipinski definition) is 0. The summed E-state index contributed by atoms with van der Waals surface area (Å²) < 4.78 is 18.2. The molecule has 110 valence electrons. The fourth-order valence-electron chi connectivity index (χ4n) is 2.37. The van der Waals surface area contributed by atoms with Crippen molar-refractivity contribution in [3.8, 4) is 5.75 Å². The molecule has 0 amide bonds. The zero-order valence-electron chi connectivity index (χ0n) is 11.6. The van der Waals surface area contributed by atoms with Gasteiger partial charge in [0.1, 0.15) is 12.4 Å². The Labute approximate surface area is 116 Å². The maximum Gasteiger partial charge on any atom is 0.273 e. The average molecular weight is 283 g/mol.